The number of anilines is 1. The van der Waals surface area contributed by atoms with Crippen molar-refractivity contribution in [3.63, 3.8) is 0 Å². The number of amides is 1. The number of rotatable bonds is 9. The van der Waals surface area contributed by atoms with E-state index in [2.05, 4.69) is 39.5 Å². The highest BCUT2D eigenvalue weighted by Crippen LogP contribution is 2.29. The summed E-state index contributed by atoms with van der Waals surface area (Å²) in [5.74, 6) is 2.22. The third kappa shape index (κ3) is 6.10. The predicted octanol–water partition coefficient (Wildman–Crippen LogP) is 4.78. The van der Waals surface area contributed by atoms with Crippen LogP contribution in [0.5, 0.6) is 11.5 Å². The standard InChI is InChI=1S/C28H34N4O3/c1-4-34-25-14-12-21(17-26(25)35-5-2)18-29-28(33)22-10-8-16-32(19-22)27-15-13-24(30-31-27)23-11-7-6-9-20(23)3/h6-7,9,11-15,17,22H,4-5,8,10,16,18-19H2,1-3H3,(H,29,33)/t22-/m1/s1. The van der Waals surface area contributed by atoms with Gasteiger partial charge in [0.15, 0.2) is 17.3 Å². The summed E-state index contributed by atoms with van der Waals surface area (Å²) in [7, 11) is 0. The Hall–Kier alpha value is -3.61. The van der Waals surface area contributed by atoms with Gasteiger partial charge in [0, 0.05) is 25.2 Å². The molecule has 1 aliphatic rings. The number of carbonyl (C=O) groups is 1. The van der Waals surface area contributed by atoms with E-state index in [-0.39, 0.29) is 11.8 Å². The number of aromatic nitrogens is 2. The Morgan fingerprint density at radius 3 is 2.57 bits per heavy atom. The van der Waals surface area contributed by atoms with E-state index < -0.39 is 0 Å². The smallest absolute Gasteiger partial charge is 0.225 e. The molecule has 35 heavy (non-hydrogen) atoms. The van der Waals surface area contributed by atoms with Gasteiger partial charge in [0.1, 0.15) is 0 Å². The number of nitrogens with zero attached hydrogens (tertiary/aromatic N) is 3. The molecule has 0 radical (unpaired) electrons. The van der Waals surface area contributed by atoms with Crippen LogP contribution in [0.1, 0.15) is 37.8 Å². The molecule has 0 bridgehead atoms. The molecule has 0 aliphatic carbocycles. The van der Waals surface area contributed by atoms with Crippen molar-refractivity contribution in [2.45, 2.75) is 40.2 Å². The van der Waals surface area contributed by atoms with Crippen molar-refractivity contribution in [2.24, 2.45) is 5.92 Å². The van der Waals surface area contributed by atoms with Gasteiger partial charge in [0.25, 0.3) is 0 Å². The number of piperidine rings is 1. The molecule has 0 saturated carbocycles. The highest BCUT2D eigenvalue weighted by molar-refractivity contribution is 5.79. The van der Waals surface area contributed by atoms with E-state index in [9.17, 15) is 4.79 Å². The van der Waals surface area contributed by atoms with E-state index in [1.165, 1.54) is 5.56 Å². The summed E-state index contributed by atoms with van der Waals surface area (Å²) < 4.78 is 11.3. The van der Waals surface area contributed by atoms with Crippen LogP contribution in [0, 0.1) is 12.8 Å². The third-order valence-electron chi connectivity index (χ3n) is 6.26. The van der Waals surface area contributed by atoms with Crippen molar-refractivity contribution in [2.75, 3.05) is 31.2 Å². The lowest BCUT2D eigenvalue weighted by atomic mass is 9.97. The minimum absolute atomic E-state index is 0.0611. The third-order valence-corrected chi connectivity index (χ3v) is 6.26. The van der Waals surface area contributed by atoms with Crippen LogP contribution >= 0.6 is 0 Å². The monoisotopic (exact) mass is 474 g/mol. The highest BCUT2D eigenvalue weighted by Gasteiger charge is 2.26. The van der Waals surface area contributed by atoms with Crippen LogP contribution in [0.25, 0.3) is 11.3 Å². The van der Waals surface area contributed by atoms with Gasteiger partial charge in [-0.2, -0.15) is 0 Å². The second-order valence-corrected chi connectivity index (χ2v) is 8.74. The van der Waals surface area contributed by atoms with Gasteiger partial charge < -0.3 is 19.7 Å². The van der Waals surface area contributed by atoms with Gasteiger partial charge in [-0.25, -0.2) is 0 Å². The zero-order chi connectivity index (χ0) is 24.6. The van der Waals surface area contributed by atoms with Crippen molar-refractivity contribution in [1.29, 1.82) is 0 Å². The van der Waals surface area contributed by atoms with Gasteiger partial charge in [-0.1, -0.05) is 30.3 Å². The lowest BCUT2D eigenvalue weighted by Gasteiger charge is -2.32. The van der Waals surface area contributed by atoms with Gasteiger partial charge in [0.2, 0.25) is 5.91 Å². The Morgan fingerprint density at radius 1 is 1.03 bits per heavy atom. The first-order chi connectivity index (χ1) is 17.1. The van der Waals surface area contributed by atoms with E-state index in [0.29, 0.717) is 32.1 Å². The van der Waals surface area contributed by atoms with Crippen LogP contribution in [0.4, 0.5) is 5.82 Å². The summed E-state index contributed by atoms with van der Waals surface area (Å²) in [6.07, 6.45) is 1.81. The van der Waals surface area contributed by atoms with Gasteiger partial charge in [-0.15, -0.1) is 10.2 Å². The summed E-state index contributed by atoms with van der Waals surface area (Å²) in [4.78, 5) is 15.1. The first-order valence-electron chi connectivity index (χ1n) is 12.4. The summed E-state index contributed by atoms with van der Waals surface area (Å²) >= 11 is 0. The van der Waals surface area contributed by atoms with Crippen LogP contribution in [0.15, 0.2) is 54.6 Å². The van der Waals surface area contributed by atoms with E-state index in [1.807, 2.05) is 56.3 Å². The first kappa shape index (κ1) is 24.5. The van der Waals surface area contributed by atoms with Gasteiger partial charge in [0.05, 0.1) is 24.8 Å². The Labute approximate surface area is 207 Å². The van der Waals surface area contributed by atoms with E-state index in [1.54, 1.807) is 0 Å². The molecule has 1 atom stereocenters. The van der Waals surface area contributed by atoms with Crippen molar-refractivity contribution in [3.05, 3.63) is 65.7 Å². The first-order valence-corrected chi connectivity index (χ1v) is 12.4. The summed E-state index contributed by atoms with van der Waals surface area (Å²) in [6.45, 7) is 9.06. The quantitative estimate of drug-likeness (QED) is 0.481. The van der Waals surface area contributed by atoms with Crippen LogP contribution in [-0.2, 0) is 11.3 Å². The van der Waals surface area contributed by atoms with E-state index in [0.717, 1.165) is 47.8 Å². The normalized spacial score (nSPS) is 15.5. The second-order valence-electron chi connectivity index (χ2n) is 8.74. The maximum atomic E-state index is 13.0. The lowest BCUT2D eigenvalue weighted by Crippen LogP contribution is -2.43. The fourth-order valence-corrected chi connectivity index (χ4v) is 4.44. The lowest BCUT2D eigenvalue weighted by molar-refractivity contribution is -0.125. The molecule has 184 valence electrons. The summed E-state index contributed by atoms with van der Waals surface area (Å²) in [5.41, 5.74) is 4.10. The topological polar surface area (TPSA) is 76.6 Å². The minimum Gasteiger partial charge on any atom is -0.490 e. The SMILES string of the molecule is CCOc1ccc(CNC(=O)[C@@H]2CCCN(c3ccc(-c4ccccc4C)nn3)C2)cc1OCC. The summed E-state index contributed by atoms with van der Waals surface area (Å²) in [6, 6.07) is 18.0. The van der Waals surface area contributed by atoms with Crippen molar-refractivity contribution in [3.8, 4) is 22.8 Å². The average molecular weight is 475 g/mol. The van der Waals surface area contributed by atoms with Crippen molar-refractivity contribution < 1.29 is 14.3 Å². The fraction of sp³-hybridized carbons (Fsp3) is 0.393. The van der Waals surface area contributed by atoms with Gasteiger partial charge in [-0.3, -0.25) is 4.79 Å². The Balaban J connectivity index is 1.36. The van der Waals surface area contributed by atoms with Gasteiger partial charge in [-0.05, 0) is 69.0 Å². The average Bonchev–Trinajstić information content (AvgIpc) is 2.89. The second kappa shape index (κ2) is 11.7. The molecule has 1 aromatic heterocycles. The Morgan fingerprint density at radius 2 is 1.83 bits per heavy atom. The summed E-state index contributed by atoms with van der Waals surface area (Å²) in [5, 5.41) is 12.0. The number of benzene rings is 2. The highest BCUT2D eigenvalue weighted by atomic mass is 16.5. The Kier molecular flexibility index (Phi) is 8.19. The fourth-order valence-electron chi connectivity index (χ4n) is 4.44. The zero-order valence-corrected chi connectivity index (χ0v) is 20.8. The van der Waals surface area contributed by atoms with Crippen molar-refractivity contribution in [1.82, 2.24) is 15.5 Å². The molecule has 0 spiro atoms. The molecule has 1 aliphatic heterocycles. The molecule has 4 rings (SSSR count). The Bertz CT molecular complexity index is 1130. The van der Waals surface area contributed by atoms with Crippen LogP contribution in [0.3, 0.4) is 0 Å². The molecular weight excluding hydrogens is 440 g/mol. The molecule has 1 amide bonds. The molecule has 7 heteroatoms. The molecule has 7 nitrogen and oxygen atoms in total. The van der Waals surface area contributed by atoms with Crippen molar-refractivity contribution >= 4 is 11.7 Å². The number of aryl methyl sites for hydroxylation is 1. The molecule has 1 saturated heterocycles. The van der Waals surface area contributed by atoms with Crippen LogP contribution in [0.2, 0.25) is 0 Å². The maximum Gasteiger partial charge on any atom is 0.225 e. The molecular formula is C28H34N4O3. The molecule has 0 unspecified atom stereocenters. The zero-order valence-electron chi connectivity index (χ0n) is 20.8. The number of hydrogen-bond acceptors (Lipinski definition) is 6. The number of nitrogens with one attached hydrogen (secondary N) is 1. The molecule has 3 aromatic rings. The van der Waals surface area contributed by atoms with Gasteiger partial charge >= 0.3 is 0 Å². The molecule has 1 fully saturated rings. The number of ether oxygens (including phenoxy) is 2. The number of hydrogen-bond donors (Lipinski definition) is 1. The largest absolute Gasteiger partial charge is 0.490 e. The van der Waals surface area contributed by atoms with E-state index >= 15 is 0 Å². The molecule has 1 N–H and O–H groups in total. The van der Waals surface area contributed by atoms with Crippen LogP contribution in [-0.4, -0.2) is 42.4 Å². The maximum absolute atomic E-state index is 13.0. The minimum atomic E-state index is -0.0874. The molecule has 2 aromatic carbocycles. The van der Waals surface area contributed by atoms with E-state index in [4.69, 9.17) is 9.47 Å². The predicted molar refractivity (Wildman–Crippen MR) is 138 cm³/mol. The molecule has 2 heterocycles. The number of carbonyl (C=O) groups excluding carboxylic acids is 1. The van der Waals surface area contributed by atoms with Crippen LogP contribution < -0.4 is 19.7 Å².